The second-order valence-corrected chi connectivity index (χ2v) is 7.76. The van der Waals surface area contributed by atoms with Crippen molar-refractivity contribution >= 4 is 5.97 Å². The maximum Gasteiger partial charge on any atom is 0.316 e. The summed E-state index contributed by atoms with van der Waals surface area (Å²) in [6.07, 6.45) is 5.40. The van der Waals surface area contributed by atoms with Gasteiger partial charge in [-0.1, -0.05) is 50.1 Å². The number of hydrogen-bond donors (Lipinski definition) is 1. The number of epoxide rings is 1. The molecule has 1 aromatic carbocycles. The Kier molecular flexibility index (Phi) is 5.30. The molecule has 4 fully saturated rings. The van der Waals surface area contributed by atoms with Crippen molar-refractivity contribution in [1.82, 2.24) is 0 Å². The van der Waals surface area contributed by atoms with E-state index in [1.807, 2.05) is 30.3 Å². The molecule has 3 heterocycles. The first-order valence-electron chi connectivity index (χ1n) is 9.88. The summed E-state index contributed by atoms with van der Waals surface area (Å²) in [7, 11) is 0. The average molecular weight is 360 g/mol. The predicted octanol–water partition coefficient (Wildman–Crippen LogP) is 2.81. The molecule has 3 saturated heterocycles. The summed E-state index contributed by atoms with van der Waals surface area (Å²) in [4.78, 5) is 12.7. The molecule has 7 atom stereocenters. The van der Waals surface area contributed by atoms with E-state index in [9.17, 15) is 9.90 Å². The van der Waals surface area contributed by atoms with E-state index < -0.39 is 5.92 Å². The van der Waals surface area contributed by atoms with Crippen molar-refractivity contribution in [2.24, 2.45) is 5.92 Å². The fourth-order valence-corrected chi connectivity index (χ4v) is 4.56. The minimum Gasteiger partial charge on any atom is -0.462 e. The van der Waals surface area contributed by atoms with Crippen LogP contribution in [0.3, 0.4) is 0 Å². The van der Waals surface area contributed by atoms with E-state index in [1.54, 1.807) is 0 Å². The summed E-state index contributed by atoms with van der Waals surface area (Å²) in [6, 6.07) is 9.34. The van der Waals surface area contributed by atoms with Gasteiger partial charge in [0.25, 0.3) is 0 Å². The average Bonchev–Trinajstić information content (AvgIpc) is 3.46. The predicted molar refractivity (Wildman–Crippen MR) is 95.7 cm³/mol. The Labute approximate surface area is 154 Å². The van der Waals surface area contributed by atoms with Crippen LogP contribution in [-0.4, -0.2) is 48.2 Å². The summed E-state index contributed by atoms with van der Waals surface area (Å²) in [6.45, 7) is 1.95. The highest BCUT2D eigenvalue weighted by Gasteiger charge is 2.60. The molecule has 1 aromatic rings. The van der Waals surface area contributed by atoms with Crippen LogP contribution in [0.4, 0.5) is 0 Å². The summed E-state index contributed by atoms with van der Waals surface area (Å²) in [5.74, 6) is -0.656. The molecule has 142 valence electrons. The zero-order valence-corrected chi connectivity index (χ0v) is 15.3. The number of esters is 1. The third-order valence-electron chi connectivity index (χ3n) is 6.00. The summed E-state index contributed by atoms with van der Waals surface area (Å²) in [5.41, 5.74) is 0.792. The van der Waals surface area contributed by atoms with Gasteiger partial charge in [0.15, 0.2) is 0 Å². The molecule has 0 amide bonds. The summed E-state index contributed by atoms with van der Waals surface area (Å²) >= 11 is 0. The number of fused-ring (bicyclic) bond motifs is 3. The molecule has 5 rings (SSSR count). The van der Waals surface area contributed by atoms with Crippen LogP contribution < -0.4 is 0 Å². The minimum absolute atomic E-state index is 0.0303. The van der Waals surface area contributed by atoms with Gasteiger partial charge in [0.1, 0.15) is 18.1 Å². The molecule has 4 aliphatic rings. The molecule has 0 aromatic heterocycles. The van der Waals surface area contributed by atoms with E-state index in [4.69, 9.17) is 14.2 Å². The number of carbonyl (C=O) groups excluding carboxylic acids is 1. The zero-order valence-electron chi connectivity index (χ0n) is 15.3. The maximum atomic E-state index is 12.7. The largest absolute Gasteiger partial charge is 0.462 e. The Bertz CT molecular complexity index is 618. The van der Waals surface area contributed by atoms with Crippen LogP contribution in [0.5, 0.6) is 0 Å². The van der Waals surface area contributed by atoms with Crippen molar-refractivity contribution in [3.63, 3.8) is 0 Å². The molecule has 1 aliphatic carbocycles. The van der Waals surface area contributed by atoms with E-state index in [2.05, 4.69) is 6.92 Å². The lowest BCUT2D eigenvalue weighted by atomic mass is 9.88. The smallest absolute Gasteiger partial charge is 0.316 e. The van der Waals surface area contributed by atoms with E-state index in [-0.39, 0.29) is 43.1 Å². The van der Waals surface area contributed by atoms with Gasteiger partial charge in [0.05, 0.1) is 24.9 Å². The monoisotopic (exact) mass is 360 g/mol. The standard InChI is InChI=1S/C21H28O5/c1-2-3-9-17-15-10-14(11-18(25-17)20-19(15)26-20)24-21(23)16(12-22)13-7-5-4-6-8-13/h4-8,14-20,22H,2-3,9-12H2,1H3/t14-,15?,16?,17-,18?,19-,20?/m1/s1. The lowest BCUT2D eigenvalue weighted by Crippen LogP contribution is -2.38. The second kappa shape index (κ2) is 7.67. The van der Waals surface area contributed by atoms with Crippen molar-refractivity contribution in [2.45, 2.75) is 75.5 Å². The van der Waals surface area contributed by atoms with Crippen LogP contribution >= 0.6 is 0 Å². The molecule has 5 nitrogen and oxygen atoms in total. The third-order valence-corrected chi connectivity index (χ3v) is 6.00. The zero-order chi connectivity index (χ0) is 18.1. The Balaban J connectivity index is 1.42. The van der Waals surface area contributed by atoms with Crippen molar-refractivity contribution in [1.29, 1.82) is 0 Å². The van der Waals surface area contributed by atoms with Gasteiger partial charge in [0.2, 0.25) is 0 Å². The molecule has 1 saturated carbocycles. The molecule has 5 heteroatoms. The fraction of sp³-hybridized carbons (Fsp3) is 0.667. The maximum absolute atomic E-state index is 12.7. The van der Waals surface area contributed by atoms with Crippen LogP contribution in [0.25, 0.3) is 0 Å². The quantitative estimate of drug-likeness (QED) is 0.598. The third kappa shape index (κ3) is 3.53. The molecule has 4 unspecified atom stereocenters. The number of unbranched alkanes of at least 4 members (excludes halogenated alkanes) is 1. The van der Waals surface area contributed by atoms with Gasteiger partial charge in [-0.25, -0.2) is 0 Å². The van der Waals surface area contributed by atoms with Crippen molar-refractivity contribution in [3.05, 3.63) is 35.9 Å². The van der Waals surface area contributed by atoms with Crippen molar-refractivity contribution in [3.8, 4) is 0 Å². The van der Waals surface area contributed by atoms with Crippen LogP contribution in [0.1, 0.15) is 50.5 Å². The Morgan fingerprint density at radius 3 is 2.77 bits per heavy atom. The van der Waals surface area contributed by atoms with Gasteiger partial charge < -0.3 is 19.3 Å². The number of ether oxygens (including phenoxy) is 3. The van der Waals surface area contributed by atoms with Gasteiger partial charge in [-0.05, 0) is 18.4 Å². The van der Waals surface area contributed by atoms with E-state index in [1.165, 1.54) is 0 Å². The van der Waals surface area contributed by atoms with E-state index in [0.717, 1.165) is 31.2 Å². The highest BCUT2D eigenvalue weighted by molar-refractivity contribution is 5.78. The molecule has 0 radical (unpaired) electrons. The van der Waals surface area contributed by atoms with E-state index >= 15 is 0 Å². The van der Waals surface area contributed by atoms with Gasteiger partial charge in [-0.3, -0.25) is 4.79 Å². The summed E-state index contributed by atoms with van der Waals surface area (Å²) in [5, 5.41) is 9.69. The lowest BCUT2D eigenvalue weighted by Gasteiger charge is -2.29. The highest BCUT2D eigenvalue weighted by atomic mass is 16.6. The number of rotatable bonds is 7. The number of aliphatic hydroxyl groups is 1. The first-order chi connectivity index (χ1) is 12.7. The minimum atomic E-state index is -0.625. The Morgan fingerprint density at radius 1 is 1.23 bits per heavy atom. The Morgan fingerprint density at radius 2 is 2.04 bits per heavy atom. The molecule has 1 N–H and O–H groups in total. The molecular weight excluding hydrogens is 332 g/mol. The normalized spacial score (nSPS) is 36.1. The van der Waals surface area contributed by atoms with Gasteiger partial charge >= 0.3 is 5.97 Å². The number of hydrogen-bond acceptors (Lipinski definition) is 5. The summed E-state index contributed by atoms with van der Waals surface area (Å²) < 4.78 is 18.0. The molecule has 26 heavy (non-hydrogen) atoms. The molecular formula is C21H28O5. The topological polar surface area (TPSA) is 68.3 Å². The van der Waals surface area contributed by atoms with Crippen LogP contribution in [0.2, 0.25) is 0 Å². The second-order valence-electron chi connectivity index (χ2n) is 7.76. The number of benzene rings is 1. The number of aliphatic hydroxyl groups excluding tert-OH is 1. The van der Waals surface area contributed by atoms with Crippen LogP contribution in [0, 0.1) is 5.92 Å². The lowest BCUT2D eigenvalue weighted by molar-refractivity contribution is -0.153. The first-order valence-corrected chi connectivity index (χ1v) is 9.88. The fourth-order valence-electron chi connectivity index (χ4n) is 4.56. The van der Waals surface area contributed by atoms with Crippen molar-refractivity contribution in [2.75, 3.05) is 6.61 Å². The van der Waals surface area contributed by atoms with Crippen LogP contribution in [-0.2, 0) is 19.0 Å². The Hall–Kier alpha value is -1.43. The first kappa shape index (κ1) is 18.0. The molecule has 0 spiro atoms. The van der Waals surface area contributed by atoms with Crippen LogP contribution in [0.15, 0.2) is 30.3 Å². The van der Waals surface area contributed by atoms with Gasteiger partial charge in [-0.15, -0.1) is 0 Å². The molecule has 2 bridgehead atoms. The van der Waals surface area contributed by atoms with Gasteiger partial charge in [0, 0.05) is 12.3 Å². The SMILES string of the molecule is CCCC[C@H]1OC2C[C@H](OC(=O)C(CO)c3ccccc3)CC1[C@H]1OC21. The number of carbonyl (C=O) groups is 1. The van der Waals surface area contributed by atoms with Crippen molar-refractivity contribution < 1.29 is 24.1 Å². The van der Waals surface area contributed by atoms with E-state index in [0.29, 0.717) is 12.3 Å². The highest BCUT2D eigenvalue weighted by Crippen LogP contribution is 2.49. The van der Waals surface area contributed by atoms with Gasteiger partial charge in [-0.2, -0.15) is 0 Å². The molecule has 3 aliphatic heterocycles.